The SMILES string of the molecule is CCOC(=O)NC(CNC(=NC)N1CCN(c2ccccc2F)CC1)C1CC1. The van der Waals surface area contributed by atoms with Crippen LogP contribution in [0.25, 0.3) is 0 Å². The molecule has 0 radical (unpaired) electrons. The van der Waals surface area contributed by atoms with Crippen LogP contribution in [0.3, 0.4) is 0 Å². The minimum atomic E-state index is -0.366. The molecule has 1 aliphatic heterocycles. The Balaban J connectivity index is 1.50. The summed E-state index contributed by atoms with van der Waals surface area (Å²) in [6.07, 6.45) is 1.88. The number of carbonyl (C=O) groups excluding carboxylic acids is 1. The van der Waals surface area contributed by atoms with Gasteiger partial charge in [-0.15, -0.1) is 0 Å². The number of ether oxygens (including phenoxy) is 1. The van der Waals surface area contributed by atoms with Gasteiger partial charge in [0.15, 0.2) is 5.96 Å². The van der Waals surface area contributed by atoms with E-state index in [2.05, 4.69) is 25.4 Å². The number of halogens is 1. The number of carbonyl (C=O) groups is 1. The monoisotopic (exact) mass is 391 g/mol. The van der Waals surface area contributed by atoms with Gasteiger partial charge < -0.3 is 25.2 Å². The normalized spacial score (nSPS) is 18.6. The van der Waals surface area contributed by atoms with Gasteiger partial charge in [0.2, 0.25) is 0 Å². The molecule has 2 N–H and O–H groups in total. The third-order valence-corrected chi connectivity index (χ3v) is 5.23. The highest BCUT2D eigenvalue weighted by Gasteiger charge is 2.33. The quantitative estimate of drug-likeness (QED) is 0.574. The lowest BCUT2D eigenvalue weighted by atomic mass is 10.2. The summed E-state index contributed by atoms with van der Waals surface area (Å²) in [6.45, 7) is 5.76. The van der Waals surface area contributed by atoms with Crippen LogP contribution < -0.4 is 15.5 Å². The van der Waals surface area contributed by atoms with Crippen LogP contribution in [-0.4, -0.2) is 69.4 Å². The zero-order valence-electron chi connectivity index (χ0n) is 16.7. The second-order valence-corrected chi connectivity index (χ2v) is 7.16. The van der Waals surface area contributed by atoms with Crippen molar-refractivity contribution in [2.75, 3.05) is 51.3 Å². The van der Waals surface area contributed by atoms with Crippen LogP contribution in [0, 0.1) is 11.7 Å². The number of aliphatic imine (C=N–C) groups is 1. The Hall–Kier alpha value is -2.51. The predicted molar refractivity (Wildman–Crippen MR) is 108 cm³/mol. The van der Waals surface area contributed by atoms with E-state index in [0.29, 0.717) is 24.8 Å². The van der Waals surface area contributed by atoms with Gasteiger partial charge in [-0.3, -0.25) is 4.99 Å². The fourth-order valence-electron chi connectivity index (χ4n) is 3.56. The van der Waals surface area contributed by atoms with Crippen LogP contribution in [0.4, 0.5) is 14.9 Å². The smallest absolute Gasteiger partial charge is 0.407 e. The number of nitrogens with zero attached hydrogens (tertiary/aromatic N) is 3. The average Bonchev–Trinajstić information content (AvgIpc) is 3.54. The van der Waals surface area contributed by atoms with E-state index >= 15 is 0 Å². The number of piperazine rings is 1. The molecule has 2 aliphatic rings. The Labute approximate surface area is 165 Å². The molecule has 1 aliphatic carbocycles. The van der Waals surface area contributed by atoms with Crippen LogP contribution in [0.1, 0.15) is 19.8 Å². The molecule has 1 saturated heterocycles. The third kappa shape index (κ3) is 5.27. The lowest BCUT2D eigenvalue weighted by Gasteiger charge is -2.38. The number of nitrogens with one attached hydrogen (secondary N) is 2. The molecule has 1 aromatic carbocycles. The summed E-state index contributed by atoms with van der Waals surface area (Å²) in [4.78, 5) is 20.4. The van der Waals surface area contributed by atoms with Crippen molar-refractivity contribution in [2.45, 2.75) is 25.8 Å². The van der Waals surface area contributed by atoms with Gasteiger partial charge >= 0.3 is 6.09 Å². The first kappa shape index (κ1) is 20.2. The van der Waals surface area contributed by atoms with E-state index in [9.17, 15) is 9.18 Å². The number of para-hydroxylation sites is 1. The molecular formula is C20H30FN5O2. The second kappa shape index (κ2) is 9.61. The number of guanidine groups is 1. The molecule has 1 aromatic rings. The molecule has 1 unspecified atom stereocenters. The van der Waals surface area contributed by atoms with Gasteiger partial charge in [-0.25, -0.2) is 9.18 Å². The van der Waals surface area contributed by atoms with Crippen molar-refractivity contribution in [3.63, 3.8) is 0 Å². The topological polar surface area (TPSA) is 69.2 Å². The molecule has 0 spiro atoms. The molecule has 1 amide bonds. The summed E-state index contributed by atoms with van der Waals surface area (Å²) in [6, 6.07) is 6.92. The van der Waals surface area contributed by atoms with E-state index < -0.39 is 0 Å². The Morgan fingerprint density at radius 1 is 1.29 bits per heavy atom. The van der Waals surface area contributed by atoms with Crippen molar-refractivity contribution < 1.29 is 13.9 Å². The van der Waals surface area contributed by atoms with Gasteiger partial charge in [0, 0.05) is 39.8 Å². The molecule has 8 heteroatoms. The van der Waals surface area contributed by atoms with Crippen LogP contribution in [0.5, 0.6) is 0 Å². The van der Waals surface area contributed by atoms with E-state index in [1.807, 2.05) is 12.1 Å². The van der Waals surface area contributed by atoms with E-state index in [1.54, 1.807) is 20.0 Å². The predicted octanol–water partition coefficient (Wildman–Crippen LogP) is 2.05. The number of hydrogen-bond acceptors (Lipinski definition) is 4. The fraction of sp³-hybridized carbons (Fsp3) is 0.600. The van der Waals surface area contributed by atoms with Gasteiger partial charge in [0.05, 0.1) is 18.3 Å². The minimum Gasteiger partial charge on any atom is -0.450 e. The van der Waals surface area contributed by atoms with E-state index in [0.717, 1.165) is 45.0 Å². The standard InChI is InChI=1S/C20H30FN5O2/c1-3-28-20(27)24-17(15-8-9-15)14-23-19(22-2)26-12-10-25(11-13-26)18-7-5-4-6-16(18)21/h4-7,15,17H,3,8-14H2,1-2H3,(H,22,23)(H,24,27). The number of rotatable bonds is 6. The van der Waals surface area contributed by atoms with E-state index in [1.165, 1.54) is 6.07 Å². The molecule has 0 aromatic heterocycles. The molecule has 28 heavy (non-hydrogen) atoms. The molecular weight excluding hydrogens is 361 g/mol. The number of alkyl carbamates (subject to hydrolysis) is 1. The summed E-state index contributed by atoms with van der Waals surface area (Å²) < 4.78 is 19.0. The Morgan fingerprint density at radius 2 is 2.00 bits per heavy atom. The van der Waals surface area contributed by atoms with Gasteiger partial charge in [-0.2, -0.15) is 0 Å². The maximum Gasteiger partial charge on any atom is 0.407 e. The summed E-state index contributed by atoms with van der Waals surface area (Å²) in [5.74, 6) is 1.12. The molecule has 154 valence electrons. The van der Waals surface area contributed by atoms with Crippen molar-refractivity contribution in [3.8, 4) is 0 Å². The summed E-state index contributed by atoms with van der Waals surface area (Å²) in [5.41, 5.74) is 0.650. The van der Waals surface area contributed by atoms with Crippen molar-refractivity contribution in [2.24, 2.45) is 10.9 Å². The molecule has 3 rings (SSSR count). The Morgan fingerprint density at radius 3 is 2.61 bits per heavy atom. The van der Waals surface area contributed by atoms with Gasteiger partial charge in [0.25, 0.3) is 0 Å². The number of hydrogen-bond donors (Lipinski definition) is 2. The van der Waals surface area contributed by atoms with Crippen LogP contribution >= 0.6 is 0 Å². The maximum absolute atomic E-state index is 14.0. The van der Waals surface area contributed by atoms with Crippen molar-refractivity contribution >= 4 is 17.7 Å². The van der Waals surface area contributed by atoms with Crippen molar-refractivity contribution in [3.05, 3.63) is 30.1 Å². The van der Waals surface area contributed by atoms with Crippen molar-refractivity contribution in [1.82, 2.24) is 15.5 Å². The molecule has 7 nitrogen and oxygen atoms in total. The zero-order chi connectivity index (χ0) is 19.9. The number of benzene rings is 1. The largest absolute Gasteiger partial charge is 0.450 e. The first-order chi connectivity index (χ1) is 13.6. The zero-order valence-corrected chi connectivity index (χ0v) is 16.7. The first-order valence-corrected chi connectivity index (χ1v) is 10.0. The third-order valence-electron chi connectivity index (χ3n) is 5.23. The summed E-state index contributed by atoms with van der Waals surface area (Å²) in [5, 5.41) is 6.34. The van der Waals surface area contributed by atoms with E-state index in [4.69, 9.17) is 4.74 Å². The molecule has 0 bridgehead atoms. The summed E-state index contributed by atoms with van der Waals surface area (Å²) >= 11 is 0. The lowest BCUT2D eigenvalue weighted by molar-refractivity contribution is 0.146. The maximum atomic E-state index is 14.0. The Bertz CT molecular complexity index is 687. The van der Waals surface area contributed by atoms with Crippen LogP contribution in [-0.2, 0) is 4.74 Å². The Kier molecular flexibility index (Phi) is 6.95. The molecule has 1 heterocycles. The van der Waals surface area contributed by atoms with Gasteiger partial charge in [-0.05, 0) is 37.8 Å². The summed E-state index contributed by atoms with van der Waals surface area (Å²) in [7, 11) is 1.76. The fourth-order valence-corrected chi connectivity index (χ4v) is 3.56. The number of amides is 1. The highest BCUT2D eigenvalue weighted by Crippen LogP contribution is 2.32. The highest BCUT2D eigenvalue weighted by molar-refractivity contribution is 5.80. The van der Waals surface area contributed by atoms with Crippen molar-refractivity contribution in [1.29, 1.82) is 0 Å². The van der Waals surface area contributed by atoms with Gasteiger partial charge in [-0.1, -0.05) is 12.1 Å². The lowest BCUT2D eigenvalue weighted by Crippen LogP contribution is -2.55. The second-order valence-electron chi connectivity index (χ2n) is 7.16. The van der Waals surface area contributed by atoms with Crippen LogP contribution in [0.2, 0.25) is 0 Å². The molecule has 1 saturated carbocycles. The van der Waals surface area contributed by atoms with Crippen LogP contribution in [0.15, 0.2) is 29.3 Å². The van der Waals surface area contributed by atoms with E-state index in [-0.39, 0.29) is 18.0 Å². The number of anilines is 1. The minimum absolute atomic E-state index is 0.0375. The van der Waals surface area contributed by atoms with Gasteiger partial charge in [0.1, 0.15) is 5.82 Å². The highest BCUT2D eigenvalue weighted by atomic mass is 19.1. The first-order valence-electron chi connectivity index (χ1n) is 10.0. The average molecular weight is 391 g/mol. The molecule has 1 atom stereocenters. The molecule has 2 fully saturated rings.